The fraction of sp³-hybridized carbons (Fsp3) is 0.348. The van der Waals surface area contributed by atoms with Crippen LogP contribution in [0.3, 0.4) is 0 Å². The smallest absolute Gasteiger partial charge is 0.317 e. The predicted octanol–water partition coefficient (Wildman–Crippen LogP) is 4.26. The molecule has 30 heavy (non-hydrogen) atoms. The number of carbonyl (C=O) groups is 2. The van der Waals surface area contributed by atoms with Gasteiger partial charge in [-0.15, -0.1) is 0 Å². The summed E-state index contributed by atoms with van der Waals surface area (Å²) in [6, 6.07) is 16.2. The fourth-order valence-corrected chi connectivity index (χ4v) is 3.42. The van der Waals surface area contributed by atoms with Gasteiger partial charge in [0.1, 0.15) is 5.75 Å². The summed E-state index contributed by atoms with van der Waals surface area (Å²) in [4.78, 5) is 26.9. The van der Waals surface area contributed by atoms with Crippen molar-refractivity contribution in [3.63, 3.8) is 0 Å². The number of amides is 1. The lowest BCUT2D eigenvalue weighted by Gasteiger charge is -2.23. The highest BCUT2D eigenvalue weighted by Gasteiger charge is 2.52. The molecule has 1 saturated carbocycles. The van der Waals surface area contributed by atoms with Crippen molar-refractivity contribution in [3.05, 3.63) is 59.1 Å². The number of nitrogens with zero attached hydrogens (tertiary/aromatic N) is 2. The van der Waals surface area contributed by atoms with Gasteiger partial charge in [0, 0.05) is 17.3 Å². The Morgan fingerprint density at radius 2 is 1.80 bits per heavy atom. The van der Waals surface area contributed by atoms with Crippen molar-refractivity contribution < 1.29 is 19.1 Å². The van der Waals surface area contributed by atoms with Crippen LogP contribution in [0.5, 0.6) is 5.75 Å². The molecule has 2 aromatic rings. The van der Waals surface area contributed by atoms with Crippen molar-refractivity contribution in [2.45, 2.75) is 31.6 Å². The number of benzene rings is 2. The molecule has 0 N–H and O–H groups in total. The van der Waals surface area contributed by atoms with Gasteiger partial charge in [0.05, 0.1) is 24.5 Å². The zero-order chi connectivity index (χ0) is 21.6. The molecular formula is C23H23ClN2O4. The molecule has 1 amide bonds. The quantitative estimate of drug-likeness (QED) is 0.559. The van der Waals surface area contributed by atoms with E-state index < -0.39 is 11.4 Å². The molecule has 0 unspecified atom stereocenters. The van der Waals surface area contributed by atoms with Gasteiger partial charge in [0.25, 0.3) is 5.91 Å². The van der Waals surface area contributed by atoms with Crippen LogP contribution in [-0.2, 0) is 19.7 Å². The molecule has 0 spiro atoms. The summed E-state index contributed by atoms with van der Waals surface area (Å²) >= 11 is 5.93. The van der Waals surface area contributed by atoms with Gasteiger partial charge < -0.3 is 14.4 Å². The Kier molecular flexibility index (Phi) is 6.96. The number of halogens is 1. The van der Waals surface area contributed by atoms with E-state index in [9.17, 15) is 9.59 Å². The summed E-state index contributed by atoms with van der Waals surface area (Å²) in [5.74, 6) is -0.0984. The van der Waals surface area contributed by atoms with Gasteiger partial charge in [-0.25, -0.2) is 0 Å². The summed E-state index contributed by atoms with van der Waals surface area (Å²) in [7, 11) is 0. The largest absolute Gasteiger partial charge is 0.494 e. The van der Waals surface area contributed by atoms with Crippen LogP contribution < -0.4 is 9.64 Å². The van der Waals surface area contributed by atoms with Gasteiger partial charge in [-0.2, -0.15) is 5.26 Å². The molecule has 0 atom stereocenters. The van der Waals surface area contributed by atoms with Crippen LogP contribution in [-0.4, -0.2) is 31.6 Å². The first-order valence-electron chi connectivity index (χ1n) is 9.83. The summed E-state index contributed by atoms with van der Waals surface area (Å²) in [5, 5.41) is 9.53. The Bertz CT molecular complexity index is 931. The van der Waals surface area contributed by atoms with Gasteiger partial charge >= 0.3 is 5.97 Å². The minimum Gasteiger partial charge on any atom is -0.494 e. The van der Waals surface area contributed by atoms with Crippen molar-refractivity contribution >= 4 is 29.2 Å². The predicted molar refractivity (Wildman–Crippen MR) is 114 cm³/mol. The van der Waals surface area contributed by atoms with E-state index in [4.69, 9.17) is 26.3 Å². The molecule has 0 bridgehead atoms. The Labute approximate surface area is 181 Å². The number of hydrogen-bond donors (Lipinski definition) is 0. The minimum absolute atomic E-state index is 0.168. The average Bonchev–Trinajstić information content (AvgIpc) is 3.56. The van der Waals surface area contributed by atoms with E-state index in [1.165, 1.54) is 4.90 Å². The maximum Gasteiger partial charge on any atom is 0.317 e. The molecule has 6 nitrogen and oxygen atoms in total. The maximum absolute atomic E-state index is 12.8. The highest BCUT2D eigenvalue weighted by Crippen LogP contribution is 2.49. The van der Waals surface area contributed by atoms with E-state index in [-0.39, 0.29) is 25.5 Å². The third-order valence-corrected chi connectivity index (χ3v) is 5.32. The number of hydrogen-bond acceptors (Lipinski definition) is 5. The molecule has 3 rings (SSSR count). The standard InChI is InChI=1S/C23H23ClN2O4/c1-2-29-20-10-8-19(9-11-20)26(15-3-14-25)21(27)16-30-22(28)23(12-13-23)17-4-6-18(24)7-5-17/h4-11H,2-3,12-13,15-16H2,1H3. The Morgan fingerprint density at radius 3 is 2.37 bits per heavy atom. The monoisotopic (exact) mass is 426 g/mol. The van der Waals surface area contributed by atoms with E-state index in [0.717, 1.165) is 5.56 Å². The Hall–Kier alpha value is -3.04. The Morgan fingerprint density at radius 1 is 1.13 bits per heavy atom. The highest BCUT2D eigenvalue weighted by atomic mass is 35.5. The van der Waals surface area contributed by atoms with Crippen LogP contribution in [0.15, 0.2) is 48.5 Å². The molecule has 0 radical (unpaired) electrons. The highest BCUT2D eigenvalue weighted by molar-refractivity contribution is 6.30. The first-order chi connectivity index (χ1) is 14.5. The lowest BCUT2D eigenvalue weighted by atomic mass is 9.96. The van der Waals surface area contributed by atoms with Gasteiger partial charge in [-0.1, -0.05) is 23.7 Å². The van der Waals surface area contributed by atoms with Crippen molar-refractivity contribution in [1.29, 1.82) is 5.26 Å². The second-order valence-electron chi connectivity index (χ2n) is 7.05. The maximum atomic E-state index is 12.8. The van der Waals surface area contributed by atoms with Crippen molar-refractivity contribution in [3.8, 4) is 11.8 Å². The Balaban J connectivity index is 1.66. The number of ether oxygens (including phenoxy) is 2. The normalized spacial score (nSPS) is 13.8. The molecule has 0 heterocycles. The number of anilines is 1. The van der Waals surface area contributed by atoms with Gasteiger partial charge in [0.15, 0.2) is 6.61 Å². The molecule has 2 aromatic carbocycles. The van der Waals surface area contributed by atoms with Crippen LogP contribution in [0.4, 0.5) is 5.69 Å². The second kappa shape index (κ2) is 9.64. The lowest BCUT2D eigenvalue weighted by molar-refractivity contribution is -0.150. The molecule has 156 valence electrons. The van der Waals surface area contributed by atoms with E-state index in [2.05, 4.69) is 0 Å². The summed E-state index contributed by atoms with van der Waals surface area (Å²) < 4.78 is 10.8. The lowest BCUT2D eigenvalue weighted by Crippen LogP contribution is -2.36. The summed E-state index contributed by atoms with van der Waals surface area (Å²) in [6.45, 7) is 2.26. The van der Waals surface area contributed by atoms with Crippen molar-refractivity contribution in [2.75, 3.05) is 24.7 Å². The van der Waals surface area contributed by atoms with Crippen LogP contribution in [0.2, 0.25) is 5.02 Å². The summed E-state index contributed by atoms with van der Waals surface area (Å²) in [6.07, 6.45) is 1.53. The van der Waals surface area contributed by atoms with Crippen LogP contribution in [0.1, 0.15) is 31.7 Å². The molecule has 1 aliphatic carbocycles. The van der Waals surface area contributed by atoms with Crippen molar-refractivity contribution in [2.24, 2.45) is 0 Å². The van der Waals surface area contributed by atoms with Gasteiger partial charge in [-0.3, -0.25) is 9.59 Å². The molecular weight excluding hydrogens is 404 g/mol. The van der Waals surface area contributed by atoms with E-state index in [1.807, 2.05) is 25.1 Å². The SMILES string of the molecule is CCOc1ccc(N(CCC#N)C(=O)COC(=O)C2(c3ccc(Cl)cc3)CC2)cc1. The minimum atomic E-state index is -0.693. The molecule has 0 aliphatic heterocycles. The molecule has 7 heteroatoms. The fourth-order valence-electron chi connectivity index (χ4n) is 3.30. The molecule has 0 aromatic heterocycles. The van der Waals surface area contributed by atoms with Gasteiger partial charge in [-0.05, 0) is 61.7 Å². The number of rotatable bonds is 9. The van der Waals surface area contributed by atoms with E-state index >= 15 is 0 Å². The number of carbonyl (C=O) groups excluding carboxylic acids is 2. The average molecular weight is 427 g/mol. The van der Waals surface area contributed by atoms with E-state index in [1.54, 1.807) is 36.4 Å². The topological polar surface area (TPSA) is 79.6 Å². The van der Waals surface area contributed by atoms with E-state index in [0.29, 0.717) is 35.9 Å². The van der Waals surface area contributed by atoms with Crippen LogP contribution >= 0.6 is 11.6 Å². The molecule has 1 aliphatic rings. The third-order valence-electron chi connectivity index (χ3n) is 5.07. The third kappa shape index (κ3) is 4.92. The zero-order valence-electron chi connectivity index (χ0n) is 16.8. The summed E-state index contributed by atoms with van der Waals surface area (Å²) in [5.41, 5.74) is 0.771. The number of nitriles is 1. The molecule has 1 fully saturated rings. The zero-order valence-corrected chi connectivity index (χ0v) is 17.5. The van der Waals surface area contributed by atoms with Crippen LogP contribution in [0, 0.1) is 11.3 Å². The number of esters is 1. The molecule has 0 saturated heterocycles. The first kappa shape index (κ1) is 21.7. The van der Waals surface area contributed by atoms with Gasteiger partial charge in [0.2, 0.25) is 0 Å². The second-order valence-corrected chi connectivity index (χ2v) is 7.48. The van der Waals surface area contributed by atoms with Crippen LogP contribution in [0.25, 0.3) is 0 Å². The first-order valence-corrected chi connectivity index (χ1v) is 10.2. The van der Waals surface area contributed by atoms with Crippen molar-refractivity contribution in [1.82, 2.24) is 0 Å².